The van der Waals surface area contributed by atoms with Crippen molar-refractivity contribution in [1.82, 2.24) is 24.3 Å². The first-order valence-corrected chi connectivity index (χ1v) is 13.0. The molecule has 0 unspecified atom stereocenters. The number of hydrogen-bond acceptors (Lipinski definition) is 9. The number of halogens is 1. The molecule has 0 aliphatic heterocycles. The summed E-state index contributed by atoms with van der Waals surface area (Å²) in [6, 6.07) is 8.12. The highest BCUT2D eigenvalue weighted by Crippen LogP contribution is 2.32. The minimum atomic E-state index is -0.719. The fraction of sp³-hybridized carbons (Fsp3) is 0.250. The van der Waals surface area contributed by atoms with Crippen molar-refractivity contribution in [2.75, 3.05) is 0 Å². The van der Waals surface area contributed by atoms with E-state index >= 15 is 0 Å². The van der Waals surface area contributed by atoms with E-state index in [2.05, 4.69) is 15.1 Å². The Balaban J connectivity index is 1.71. The smallest absolute Gasteiger partial charge is 0.263 e. The Morgan fingerprint density at radius 3 is 2.58 bits per heavy atom. The molecule has 0 aliphatic rings. The predicted molar refractivity (Wildman–Crippen MR) is 139 cm³/mol. The van der Waals surface area contributed by atoms with Gasteiger partial charge in [0.1, 0.15) is 10.7 Å². The number of carbonyl (C=O) groups excluding carboxylic acids is 2. The molecule has 4 aromatic rings. The summed E-state index contributed by atoms with van der Waals surface area (Å²) in [7, 11) is 0. The van der Waals surface area contributed by atoms with E-state index in [-0.39, 0.29) is 28.7 Å². The Kier molecular flexibility index (Phi) is 7.43. The molecule has 4 heterocycles. The molecule has 36 heavy (non-hydrogen) atoms. The lowest BCUT2D eigenvalue weighted by molar-refractivity contribution is 0.0736. The Morgan fingerprint density at radius 1 is 1.17 bits per heavy atom. The van der Waals surface area contributed by atoms with Gasteiger partial charge in [0.2, 0.25) is 5.78 Å². The van der Waals surface area contributed by atoms with Gasteiger partial charge in [0.05, 0.1) is 28.3 Å². The monoisotopic (exact) mass is 543 g/mol. The molecule has 0 aromatic carbocycles. The summed E-state index contributed by atoms with van der Waals surface area (Å²) < 4.78 is 2.92. The quantitative estimate of drug-likeness (QED) is 0.261. The van der Waals surface area contributed by atoms with E-state index in [1.165, 1.54) is 58.5 Å². The average Bonchev–Trinajstić information content (AvgIpc) is 3.45. The lowest BCUT2D eigenvalue weighted by Gasteiger charge is -2.17. The summed E-state index contributed by atoms with van der Waals surface area (Å²) >= 11 is 8.88. The van der Waals surface area contributed by atoms with Gasteiger partial charge in [-0.25, -0.2) is 4.98 Å². The zero-order valence-corrected chi connectivity index (χ0v) is 22.0. The second-order valence-electron chi connectivity index (χ2n) is 8.84. The molecular weight excluding hydrogens is 522 g/mol. The van der Waals surface area contributed by atoms with Gasteiger partial charge in [-0.1, -0.05) is 32.4 Å². The zero-order valence-electron chi connectivity index (χ0n) is 19.6. The van der Waals surface area contributed by atoms with Crippen molar-refractivity contribution < 1.29 is 14.7 Å². The Hall–Kier alpha value is -3.28. The molecule has 0 amide bonds. The van der Waals surface area contributed by atoms with Crippen LogP contribution in [0.4, 0.5) is 0 Å². The van der Waals surface area contributed by atoms with Crippen molar-refractivity contribution in [2.24, 2.45) is 5.41 Å². The lowest BCUT2D eigenvalue weighted by Crippen LogP contribution is -2.28. The summed E-state index contributed by atoms with van der Waals surface area (Å²) in [4.78, 5) is 47.9. The number of ketones is 1. The number of thioether (sulfide) groups is 1. The standard InChI is InChI=1S/C24H22ClN5O4S2/c1-24(2,3)23(34)30-21(35-13-14-4-6-19(25)36-14)10-16(28-30)15-5-7-20(32)29(22(15)33)12-18(31)17-11-26-8-9-27-17/h4-11,32H,12-13H2,1-3H3. The van der Waals surface area contributed by atoms with Crippen LogP contribution in [0.1, 0.15) is 40.9 Å². The topological polar surface area (TPSA) is 120 Å². The lowest BCUT2D eigenvalue weighted by atomic mass is 9.96. The number of pyridine rings is 1. The van der Waals surface area contributed by atoms with Crippen LogP contribution in [0.25, 0.3) is 11.3 Å². The van der Waals surface area contributed by atoms with Gasteiger partial charge in [0.15, 0.2) is 5.88 Å². The molecule has 12 heteroatoms. The summed E-state index contributed by atoms with van der Waals surface area (Å²) in [6.45, 7) is 4.93. The molecule has 186 valence electrons. The van der Waals surface area contributed by atoms with Crippen molar-refractivity contribution in [3.63, 3.8) is 0 Å². The fourth-order valence-corrected chi connectivity index (χ4v) is 5.34. The van der Waals surface area contributed by atoms with Gasteiger partial charge in [-0.05, 0) is 30.3 Å². The highest BCUT2D eigenvalue weighted by atomic mass is 35.5. The average molecular weight is 544 g/mol. The van der Waals surface area contributed by atoms with Crippen LogP contribution in [0, 0.1) is 5.41 Å². The maximum atomic E-state index is 13.3. The zero-order chi connectivity index (χ0) is 26.0. The number of aromatic nitrogens is 5. The number of nitrogens with zero attached hydrogens (tertiary/aromatic N) is 5. The maximum absolute atomic E-state index is 13.3. The molecule has 9 nitrogen and oxygen atoms in total. The first kappa shape index (κ1) is 25.8. The summed E-state index contributed by atoms with van der Waals surface area (Å²) in [6.07, 6.45) is 4.09. The number of hydrogen-bond donors (Lipinski definition) is 1. The molecular formula is C24H22ClN5O4S2. The van der Waals surface area contributed by atoms with Gasteiger partial charge in [-0.3, -0.25) is 23.9 Å². The third kappa shape index (κ3) is 5.58. The first-order chi connectivity index (χ1) is 17.0. The second kappa shape index (κ2) is 10.4. The molecule has 0 spiro atoms. The molecule has 0 saturated carbocycles. The van der Waals surface area contributed by atoms with Gasteiger partial charge < -0.3 is 5.11 Å². The van der Waals surface area contributed by atoms with Crippen LogP contribution in [-0.4, -0.2) is 41.1 Å². The van der Waals surface area contributed by atoms with Crippen LogP contribution >= 0.6 is 34.7 Å². The van der Waals surface area contributed by atoms with Gasteiger partial charge >= 0.3 is 0 Å². The summed E-state index contributed by atoms with van der Waals surface area (Å²) in [5.41, 5.74) is -0.877. The number of Topliss-reactive ketones (excluding diaryl/α,β-unsaturated/α-hetero) is 1. The Morgan fingerprint density at radius 2 is 1.94 bits per heavy atom. The van der Waals surface area contributed by atoms with Crippen LogP contribution in [0.3, 0.4) is 0 Å². The molecule has 0 fully saturated rings. The van der Waals surface area contributed by atoms with Crippen molar-refractivity contribution in [3.8, 4) is 17.1 Å². The van der Waals surface area contributed by atoms with Crippen LogP contribution in [0.2, 0.25) is 4.34 Å². The molecule has 1 N–H and O–H groups in total. The molecule has 0 saturated heterocycles. The third-order valence-corrected chi connectivity index (χ3v) is 7.54. The van der Waals surface area contributed by atoms with E-state index in [0.717, 1.165) is 9.44 Å². The van der Waals surface area contributed by atoms with Crippen molar-refractivity contribution in [2.45, 2.75) is 38.1 Å². The molecule has 0 bridgehead atoms. The van der Waals surface area contributed by atoms with E-state index < -0.39 is 23.3 Å². The summed E-state index contributed by atoms with van der Waals surface area (Å²) in [5, 5.41) is 15.3. The van der Waals surface area contributed by atoms with E-state index in [1.54, 1.807) is 26.8 Å². The SMILES string of the molecule is CC(C)(C)C(=O)n1nc(-c2ccc(O)n(CC(=O)c3cnccn3)c2=O)cc1SCc1ccc(Cl)s1. The Labute approximate surface area is 219 Å². The third-order valence-electron chi connectivity index (χ3n) is 5.08. The highest BCUT2D eigenvalue weighted by Gasteiger charge is 2.28. The van der Waals surface area contributed by atoms with Gasteiger partial charge in [0, 0.05) is 28.4 Å². The normalized spacial score (nSPS) is 11.6. The molecule has 0 radical (unpaired) electrons. The van der Waals surface area contributed by atoms with Gasteiger partial charge in [-0.2, -0.15) is 9.78 Å². The van der Waals surface area contributed by atoms with E-state index in [0.29, 0.717) is 15.1 Å². The maximum Gasteiger partial charge on any atom is 0.263 e. The van der Waals surface area contributed by atoms with Gasteiger partial charge in [0.25, 0.3) is 11.5 Å². The molecule has 0 aliphatic carbocycles. The first-order valence-electron chi connectivity index (χ1n) is 10.8. The fourth-order valence-electron chi connectivity index (χ4n) is 3.22. The number of thiophene rings is 1. The summed E-state index contributed by atoms with van der Waals surface area (Å²) in [5.74, 6) is -0.545. The number of rotatable bonds is 7. The Bertz CT molecular complexity index is 1490. The van der Waals surface area contributed by atoms with E-state index in [9.17, 15) is 19.5 Å². The van der Waals surface area contributed by atoms with Crippen molar-refractivity contribution in [3.05, 3.63) is 74.2 Å². The predicted octanol–water partition coefficient (Wildman–Crippen LogP) is 4.78. The van der Waals surface area contributed by atoms with E-state index in [1.807, 2.05) is 12.1 Å². The van der Waals surface area contributed by atoms with E-state index in [4.69, 9.17) is 11.6 Å². The minimum Gasteiger partial charge on any atom is -0.494 e. The molecule has 4 aromatic heterocycles. The minimum absolute atomic E-state index is 0.0709. The van der Waals surface area contributed by atoms with Crippen molar-refractivity contribution in [1.29, 1.82) is 0 Å². The number of carbonyl (C=O) groups is 2. The molecule has 4 rings (SSSR count). The van der Waals surface area contributed by atoms with Crippen molar-refractivity contribution >= 4 is 46.4 Å². The van der Waals surface area contributed by atoms with Gasteiger partial charge in [-0.15, -0.1) is 23.1 Å². The van der Waals surface area contributed by atoms with Crippen LogP contribution in [0.5, 0.6) is 5.88 Å². The second-order valence-corrected chi connectivity index (χ2v) is 11.6. The van der Waals surface area contributed by atoms with Crippen LogP contribution < -0.4 is 5.56 Å². The largest absolute Gasteiger partial charge is 0.494 e. The molecule has 0 atom stereocenters. The van der Waals surface area contributed by atoms with Crippen LogP contribution in [0.15, 0.2) is 58.7 Å². The highest BCUT2D eigenvalue weighted by molar-refractivity contribution is 7.98. The van der Waals surface area contributed by atoms with Crippen LogP contribution in [-0.2, 0) is 12.3 Å². The number of aromatic hydroxyl groups is 1.